The van der Waals surface area contributed by atoms with Gasteiger partial charge in [0.1, 0.15) is 12.5 Å². The molecule has 0 fully saturated rings. The van der Waals surface area contributed by atoms with E-state index in [0.29, 0.717) is 19.2 Å². The molecule has 2 N–H and O–H groups in total. The maximum atomic E-state index is 5.64. The van der Waals surface area contributed by atoms with Gasteiger partial charge in [0.05, 0.1) is 6.61 Å². The van der Waals surface area contributed by atoms with Crippen molar-refractivity contribution in [2.24, 2.45) is 0 Å². The van der Waals surface area contributed by atoms with Gasteiger partial charge in [-0.3, -0.25) is 0 Å². The number of nitrogens with zero attached hydrogens (tertiary/aromatic N) is 2. The van der Waals surface area contributed by atoms with Gasteiger partial charge >= 0.3 is 0 Å². The Labute approximate surface area is 94.6 Å². The van der Waals surface area contributed by atoms with E-state index in [0.717, 1.165) is 11.1 Å². The van der Waals surface area contributed by atoms with Crippen LogP contribution in [0.1, 0.15) is 11.1 Å². The molecule has 0 aliphatic heterocycles. The first-order valence-corrected chi connectivity index (χ1v) is 5.17. The number of rotatable bonds is 4. The quantitative estimate of drug-likeness (QED) is 0.851. The first-order valence-electron chi connectivity index (χ1n) is 5.17. The third-order valence-corrected chi connectivity index (χ3v) is 2.32. The Balaban J connectivity index is 1.84. The van der Waals surface area contributed by atoms with Gasteiger partial charge in [-0.25, -0.2) is 4.68 Å². The zero-order valence-electron chi connectivity index (χ0n) is 9.26. The number of benzene rings is 1. The lowest BCUT2D eigenvalue weighted by molar-refractivity contribution is 0.0563. The average Bonchev–Trinajstić information content (AvgIpc) is 2.60. The minimum atomic E-state index is 0.424. The summed E-state index contributed by atoms with van der Waals surface area (Å²) in [5.41, 5.74) is 7.76. The number of nitrogens with two attached hydrogens (primary N) is 1. The summed E-state index contributed by atoms with van der Waals surface area (Å²) in [5, 5.41) is 4.11. The van der Waals surface area contributed by atoms with Gasteiger partial charge in [0.25, 0.3) is 0 Å². The molecule has 0 aliphatic rings. The molecule has 2 aromatic rings. The second-order valence-corrected chi connectivity index (χ2v) is 3.70. The van der Waals surface area contributed by atoms with Gasteiger partial charge in [-0.15, -0.1) is 0 Å². The third kappa shape index (κ3) is 2.61. The minimum Gasteiger partial charge on any atom is -0.382 e. The molecule has 1 aromatic carbocycles. The highest BCUT2D eigenvalue weighted by Gasteiger charge is 2.00. The topological polar surface area (TPSA) is 53.1 Å². The van der Waals surface area contributed by atoms with Gasteiger partial charge in [-0.2, -0.15) is 5.10 Å². The molecule has 0 saturated carbocycles. The van der Waals surface area contributed by atoms with Crippen LogP contribution in [0.2, 0.25) is 0 Å². The van der Waals surface area contributed by atoms with Crippen LogP contribution in [0.4, 0.5) is 5.82 Å². The van der Waals surface area contributed by atoms with Crippen molar-refractivity contribution >= 4 is 5.82 Å². The van der Waals surface area contributed by atoms with E-state index in [9.17, 15) is 0 Å². The van der Waals surface area contributed by atoms with E-state index in [2.05, 4.69) is 5.10 Å². The first kappa shape index (κ1) is 10.7. The van der Waals surface area contributed by atoms with E-state index in [1.807, 2.05) is 43.5 Å². The third-order valence-electron chi connectivity index (χ3n) is 2.32. The number of hydrogen-bond donors (Lipinski definition) is 1. The van der Waals surface area contributed by atoms with Gasteiger partial charge in [0.15, 0.2) is 0 Å². The first-order chi connectivity index (χ1) is 7.75. The van der Waals surface area contributed by atoms with E-state index in [1.54, 1.807) is 4.68 Å². The van der Waals surface area contributed by atoms with Crippen LogP contribution >= 0.6 is 0 Å². The number of aryl methyl sites for hydroxylation is 1. The smallest absolute Gasteiger partial charge is 0.148 e. The predicted molar refractivity (Wildman–Crippen MR) is 62.6 cm³/mol. The fraction of sp³-hybridized carbons (Fsp3) is 0.250. The zero-order chi connectivity index (χ0) is 11.4. The largest absolute Gasteiger partial charge is 0.382 e. The molecular weight excluding hydrogens is 202 g/mol. The second kappa shape index (κ2) is 4.81. The molecule has 0 amide bonds. The van der Waals surface area contributed by atoms with E-state index in [4.69, 9.17) is 10.5 Å². The van der Waals surface area contributed by atoms with Crippen LogP contribution in [0, 0.1) is 6.92 Å². The Hall–Kier alpha value is -1.81. The summed E-state index contributed by atoms with van der Waals surface area (Å²) in [4.78, 5) is 0. The van der Waals surface area contributed by atoms with Gasteiger partial charge in [0.2, 0.25) is 0 Å². The number of aromatic nitrogens is 2. The molecule has 0 aliphatic carbocycles. The highest BCUT2D eigenvalue weighted by Crippen LogP contribution is 2.07. The Morgan fingerprint density at radius 3 is 2.69 bits per heavy atom. The zero-order valence-corrected chi connectivity index (χ0v) is 9.26. The Kier molecular flexibility index (Phi) is 3.22. The monoisotopic (exact) mass is 217 g/mol. The van der Waals surface area contributed by atoms with Gasteiger partial charge in [-0.05, 0) is 12.5 Å². The van der Waals surface area contributed by atoms with Crippen molar-refractivity contribution in [1.82, 2.24) is 9.78 Å². The van der Waals surface area contributed by atoms with Gasteiger partial charge < -0.3 is 10.5 Å². The highest BCUT2D eigenvalue weighted by atomic mass is 16.5. The van der Waals surface area contributed by atoms with Crippen molar-refractivity contribution in [1.29, 1.82) is 0 Å². The SMILES string of the molecule is Cc1cn(COCc2ccccc2)nc1N. The van der Waals surface area contributed by atoms with Crippen molar-refractivity contribution < 1.29 is 4.74 Å². The number of nitrogen functional groups attached to an aromatic ring is 1. The molecule has 0 saturated heterocycles. The summed E-state index contributed by atoms with van der Waals surface area (Å²) in [5.74, 6) is 0.559. The van der Waals surface area contributed by atoms with Crippen LogP contribution in [-0.2, 0) is 18.1 Å². The van der Waals surface area contributed by atoms with Crippen molar-refractivity contribution in [2.75, 3.05) is 5.73 Å². The van der Waals surface area contributed by atoms with Crippen LogP contribution in [-0.4, -0.2) is 9.78 Å². The van der Waals surface area contributed by atoms with E-state index < -0.39 is 0 Å². The van der Waals surface area contributed by atoms with E-state index in [-0.39, 0.29) is 0 Å². The Bertz CT molecular complexity index is 431. The standard InChI is InChI=1S/C12H15N3O/c1-10-7-15(14-12(10)13)9-16-8-11-5-3-2-4-6-11/h2-7H,8-9H2,1H3,(H2,13,14). The van der Waals surface area contributed by atoms with Crippen LogP contribution in [0.5, 0.6) is 0 Å². The molecular formula is C12H15N3O. The van der Waals surface area contributed by atoms with Crippen molar-refractivity contribution in [3.05, 3.63) is 47.7 Å². The van der Waals surface area contributed by atoms with Gasteiger partial charge in [-0.1, -0.05) is 30.3 Å². The molecule has 0 radical (unpaired) electrons. The van der Waals surface area contributed by atoms with Crippen molar-refractivity contribution in [3.8, 4) is 0 Å². The fourth-order valence-corrected chi connectivity index (χ4v) is 1.43. The molecule has 1 heterocycles. The molecule has 16 heavy (non-hydrogen) atoms. The molecule has 0 atom stereocenters. The summed E-state index contributed by atoms with van der Waals surface area (Å²) >= 11 is 0. The number of ether oxygens (including phenoxy) is 1. The molecule has 4 heteroatoms. The lowest BCUT2D eigenvalue weighted by Gasteiger charge is -2.03. The van der Waals surface area contributed by atoms with E-state index in [1.165, 1.54) is 0 Å². The molecule has 84 valence electrons. The highest BCUT2D eigenvalue weighted by molar-refractivity contribution is 5.35. The van der Waals surface area contributed by atoms with Crippen LogP contribution in [0.3, 0.4) is 0 Å². The lowest BCUT2D eigenvalue weighted by atomic mass is 10.2. The normalized spacial score (nSPS) is 10.6. The maximum Gasteiger partial charge on any atom is 0.148 e. The Morgan fingerprint density at radius 1 is 1.31 bits per heavy atom. The summed E-state index contributed by atoms with van der Waals surface area (Å²) in [6.45, 7) is 2.93. The van der Waals surface area contributed by atoms with Crippen molar-refractivity contribution in [3.63, 3.8) is 0 Å². The molecule has 1 aromatic heterocycles. The van der Waals surface area contributed by atoms with Crippen LogP contribution in [0.15, 0.2) is 36.5 Å². The molecule has 4 nitrogen and oxygen atoms in total. The Morgan fingerprint density at radius 2 is 2.06 bits per heavy atom. The average molecular weight is 217 g/mol. The molecule has 0 unspecified atom stereocenters. The molecule has 0 bridgehead atoms. The fourth-order valence-electron chi connectivity index (χ4n) is 1.43. The summed E-state index contributed by atoms with van der Waals surface area (Å²) < 4.78 is 7.22. The van der Waals surface area contributed by atoms with E-state index >= 15 is 0 Å². The van der Waals surface area contributed by atoms with Gasteiger partial charge in [0, 0.05) is 11.8 Å². The summed E-state index contributed by atoms with van der Waals surface area (Å²) in [6.07, 6.45) is 1.88. The maximum absolute atomic E-state index is 5.64. The molecule has 0 spiro atoms. The minimum absolute atomic E-state index is 0.424. The summed E-state index contributed by atoms with van der Waals surface area (Å²) in [7, 11) is 0. The van der Waals surface area contributed by atoms with Crippen molar-refractivity contribution in [2.45, 2.75) is 20.3 Å². The second-order valence-electron chi connectivity index (χ2n) is 3.70. The predicted octanol–water partition coefficient (Wildman–Crippen LogP) is 1.95. The molecule has 2 rings (SSSR count). The van der Waals surface area contributed by atoms with Crippen LogP contribution < -0.4 is 5.73 Å². The number of anilines is 1. The summed E-state index contributed by atoms with van der Waals surface area (Å²) in [6, 6.07) is 10.0. The lowest BCUT2D eigenvalue weighted by Crippen LogP contribution is -2.03. The number of hydrogen-bond acceptors (Lipinski definition) is 3. The van der Waals surface area contributed by atoms with Crippen LogP contribution in [0.25, 0.3) is 0 Å².